The van der Waals surface area contributed by atoms with E-state index in [1.165, 1.54) is 0 Å². The lowest BCUT2D eigenvalue weighted by atomic mass is 9.99. The van der Waals surface area contributed by atoms with Crippen molar-refractivity contribution in [2.75, 3.05) is 39.2 Å². The number of benzene rings is 1. The molecule has 128 valence electrons. The third-order valence-electron chi connectivity index (χ3n) is 4.18. The predicted octanol–water partition coefficient (Wildman–Crippen LogP) is 1.73. The van der Waals surface area contributed by atoms with Gasteiger partial charge in [-0.25, -0.2) is 0 Å². The van der Waals surface area contributed by atoms with Gasteiger partial charge in [0, 0.05) is 31.9 Å². The van der Waals surface area contributed by atoms with Gasteiger partial charge in [0.05, 0.1) is 24.8 Å². The maximum Gasteiger partial charge on any atom is 0.238 e. The largest absolute Gasteiger partial charge is 0.495 e. The molecule has 0 aliphatic carbocycles. The van der Waals surface area contributed by atoms with Crippen LogP contribution in [0.15, 0.2) is 18.2 Å². The number of carbonyl (C=O) groups is 1. The third-order valence-corrected chi connectivity index (χ3v) is 4.47. The van der Waals surface area contributed by atoms with Crippen LogP contribution in [0, 0.1) is 0 Å². The molecular formula is C16H24ClN3O3. The first-order valence-corrected chi connectivity index (χ1v) is 8.05. The molecule has 1 aliphatic rings. The van der Waals surface area contributed by atoms with Crippen LogP contribution in [-0.4, -0.2) is 56.8 Å². The van der Waals surface area contributed by atoms with Crippen molar-refractivity contribution in [2.45, 2.75) is 25.0 Å². The van der Waals surface area contributed by atoms with E-state index in [0.717, 1.165) is 19.4 Å². The van der Waals surface area contributed by atoms with Crippen molar-refractivity contribution in [1.29, 1.82) is 0 Å². The molecule has 6 nitrogen and oxygen atoms in total. The zero-order chi connectivity index (χ0) is 16.8. The summed E-state index contributed by atoms with van der Waals surface area (Å²) in [6.45, 7) is 1.63. The summed E-state index contributed by atoms with van der Waals surface area (Å²) in [5, 5.41) is 3.32. The van der Waals surface area contributed by atoms with Crippen LogP contribution in [0.5, 0.6) is 5.75 Å². The van der Waals surface area contributed by atoms with E-state index >= 15 is 0 Å². The van der Waals surface area contributed by atoms with Crippen LogP contribution in [0.3, 0.4) is 0 Å². The van der Waals surface area contributed by atoms with E-state index in [1.807, 2.05) is 0 Å². The molecule has 0 radical (unpaired) electrons. The van der Waals surface area contributed by atoms with Crippen LogP contribution in [-0.2, 0) is 9.53 Å². The Balaban J connectivity index is 1.92. The second kappa shape index (κ2) is 8.49. The number of nitrogens with one attached hydrogen (secondary N) is 1. The minimum atomic E-state index is -0.0828. The van der Waals surface area contributed by atoms with Crippen LogP contribution < -0.4 is 15.8 Å². The first kappa shape index (κ1) is 18.0. The lowest BCUT2D eigenvalue weighted by molar-refractivity contribution is -0.118. The molecule has 0 spiro atoms. The van der Waals surface area contributed by atoms with Gasteiger partial charge in [-0.2, -0.15) is 0 Å². The number of nitrogens with two attached hydrogens (primary N) is 1. The number of likely N-dealkylation sites (tertiary alicyclic amines) is 1. The van der Waals surface area contributed by atoms with E-state index in [9.17, 15) is 4.79 Å². The molecule has 2 atom stereocenters. The standard InChI is InChI=1S/C16H24ClN3O3/c1-22-13-5-6-20(12(8-13)9-18)10-16(21)19-11-3-4-15(23-2)14(17)7-11/h3-4,7,12-13H,5-6,8-10,18H2,1-2H3,(H,19,21). The van der Waals surface area contributed by atoms with Crippen molar-refractivity contribution in [3.05, 3.63) is 23.2 Å². The molecular weight excluding hydrogens is 318 g/mol. The highest BCUT2D eigenvalue weighted by Crippen LogP contribution is 2.27. The van der Waals surface area contributed by atoms with Crippen molar-refractivity contribution < 1.29 is 14.3 Å². The van der Waals surface area contributed by atoms with E-state index < -0.39 is 0 Å². The Morgan fingerprint density at radius 3 is 2.87 bits per heavy atom. The normalized spacial score (nSPS) is 21.9. The van der Waals surface area contributed by atoms with E-state index in [0.29, 0.717) is 29.5 Å². The number of rotatable bonds is 6. The molecule has 3 N–H and O–H groups in total. The van der Waals surface area contributed by atoms with Crippen molar-refractivity contribution >= 4 is 23.2 Å². The summed E-state index contributed by atoms with van der Waals surface area (Å²) in [6, 6.07) is 5.33. The van der Waals surface area contributed by atoms with Gasteiger partial charge in [0.25, 0.3) is 0 Å². The fourth-order valence-corrected chi connectivity index (χ4v) is 3.12. The van der Waals surface area contributed by atoms with Crippen LogP contribution in [0.2, 0.25) is 5.02 Å². The number of carbonyl (C=O) groups excluding carboxylic acids is 1. The maximum atomic E-state index is 12.3. The number of piperidine rings is 1. The van der Waals surface area contributed by atoms with Gasteiger partial charge in [0.15, 0.2) is 0 Å². The monoisotopic (exact) mass is 341 g/mol. The average Bonchev–Trinajstić information content (AvgIpc) is 2.55. The molecule has 7 heteroatoms. The summed E-state index contributed by atoms with van der Waals surface area (Å²) in [5.41, 5.74) is 6.48. The highest BCUT2D eigenvalue weighted by molar-refractivity contribution is 6.32. The topological polar surface area (TPSA) is 76.8 Å². The van der Waals surface area contributed by atoms with Gasteiger partial charge >= 0.3 is 0 Å². The number of amides is 1. The number of halogens is 1. The Hall–Kier alpha value is -1.34. The minimum absolute atomic E-state index is 0.0828. The highest BCUT2D eigenvalue weighted by atomic mass is 35.5. The van der Waals surface area contributed by atoms with Gasteiger partial charge in [-0.1, -0.05) is 11.6 Å². The maximum absolute atomic E-state index is 12.3. The summed E-state index contributed by atoms with van der Waals surface area (Å²) in [7, 11) is 3.27. The Labute approximate surface area is 141 Å². The average molecular weight is 342 g/mol. The quantitative estimate of drug-likeness (QED) is 0.824. The second-order valence-corrected chi connectivity index (χ2v) is 6.05. The van der Waals surface area contributed by atoms with E-state index in [4.69, 9.17) is 26.8 Å². The number of hydrogen-bond donors (Lipinski definition) is 2. The summed E-state index contributed by atoms with van der Waals surface area (Å²) in [6.07, 6.45) is 1.99. The molecule has 2 unspecified atom stereocenters. The molecule has 1 aromatic carbocycles. The molecule has 1 fully saturated rings. The second-order valence-electron chi connectivity index (χ2n) is 5.64. The van der Waals surface area contributed by atoms with E-state index in [1.54, 1.807) is 32.4 Å². The van der Waals surface area contributed by atoms with Crippen molar-refractivity contribution in [2.24, 2.45) is 5.73 Å². The van der Waals surface area contributed by atoms with Crippen molar-refractivity contribution in [1.82, 2.24) is 4.90 Å². The third kappa shape index (κ3) is 4.81. The Kier molecular flexibility index (Phi) is 6.65. The number of methoxy groups -OCH3 is 2. The smallest absolute Gasteiger partial charge is 0.238 e. The first-order chi connectivity index (χ1) is 11.1. The van der Waals surface area contributed by atoms with Crippen LogP contribution in [0.1, 0.15) is 12.8 Å². The predicted molar refractivity (Wildman–Crippen MR) is 91.1 cm³/mol. The molecule has 0 aromatic heterocycles. The first-order valence-electron chi connectivity index (χ1n) is 7.67. The summed E-state index contributed by atoms with van der Waals surface area (Å²) in [5.74, 6) is 0.495. The fraction of sp³-hybridized carbons (Fsp3) is 0.562. The number of nitrogens with zero attached hydrogens (tertiary/aromatic N) is 1. The highest BCUT2D eigenvalue weighted by Gasteiger charge is 2.28. The van der Waals surface area contributed by atoms with E-state index in [2.05, 4.69) is 10.2 Å². The van der Waals surface area contributed by atoms with Crippen molar-refractivity contribution in [3.63, 3.8) is 0 Å². The number of ether oxygens (including phenoxy) is 2. The van der Waals surface area contributed by atoms with Gasteiger partial charge in [0.1, 0.15) is 5.75 Å². The lowest BCUT2D eigenvalue weighted by Crippen LogP contribution is -2.50. The number of hydrogen-bond acceptors (Lipinski definition) is 5. The molecule has 0 bridgehead atoms. The molecule has 1 aromatic rings. The van der Waals surface area contributed by atoms with Crippen molar-refractivity contribution in [3.8, 4) is 5.75 Å². The molecule has 1 heterocycles. The van der Waals surface area contributed by atoms with Crippen LogP contribution in [0.4, 0.5) is 5.69 Å². The zero-order valence-corrected chi connectivity index (χ0v) is 14.3. The van der Waals surface area contributed by atoms with Gasteiger partial charge in [-0.3, -0.25) is 9.69 Å². The SMILES string of the molecule is COc1ccc(NC(=O)CN2CCC(OC)CC2CN)cc1Cl. The van der Waals surface area contributed by atoms with Gasteiger partial charge in [-0.05, 0) is 31.0 Å². The molecule has 23 heavy (non-hydrogen) atoms. The minimum Gasteiger partial charge on any atom is -0.495 e. The summed E-state index contributed by atoms with van der Waals surface area (Å²) >= 11 is 6.07. The molecule has 1 amide bonds. The summed E-state index contributed by atoms with van der Waals surface area (Å²) < 4.78 is 10.5. The Morgan fingerprint density at radius 2 is 2.26 bits per heavy atom. The van der Waals surface area contributed by atoms with Crippen LogP contribution >= 0.6 is 11.6 Å². The summed E-state index contributed by atoms with van der Waals surface area (Å²) in [4.78, 5) is 14.4. The lowest BCUT2D eigenvalue weighted by Gasteiger charge is -2.37. The van der Waals surface area contributed by atoms with Gasteiger partial charge in [0.2, 0.25) is 5.91 Å². The van der Waals surface area contributed by atoms with E-state index in [-0.39, 0.29) is 18.1 Å². The molecule has 2 rings (SSSR count). The Morgan fingerprint density at radius 1 is 1.48 bits per heavy atom. The zero-order valence-electron chi connectivity index (χ0n) is 13.5. The van der Waals surface area contributed by atoms with Gasteiger partial charge < -0.3 is 20.5 Å². The van der Waals surface area contributed by atoms with Crippen LogP contribution in [0.25, 0.3) is 0 Å². The molecule has 1 saturated heterocycles. The number of anilines is 1. The Bertz CT molecular complexity index is 541. The fourth-order valence-electron chi connectivity index (χ4n) is 2.86. The molecule has 1 aliphatic heterocycles. The van der Waals surface area contributed by atoms with Gasteiger partial charge in [-0.15, -0.1) is 0 Å². The molecule has 0 saturated carbocycles.